The van der Waals surface area contributed by atoms with E-state index >= 15 is 0 Å². The van der Waals surface area contributed by atoms with E-state index in [2.05, 4.69) is 31.1 Å². The molecule has 0 bridgehead atoms. The van der Waals surface area contributed by atoms with E-state index in [0.717, 1.165) is 23.5 Å². The van der Waals surface area contributed by atoms with E-state index in [1.807, 2.05) is 25.1 Å². The molecule has 24 heavy (non-hydrogen) atoms. The molecule has 0 radical (unpaired) electrons. The maximum atomic E-state index is 12.9. The lowest BCUT2D eigenvalue weighted by molar-refractivity contribution is 0.0778. The molecule has 1 aromatic carbocycles. The summed E-state index contributed by atoms with van der Waals surface area (Å²) in [7, 11) is 2.10. The van der Waals surface area contributed by atoms with Gasteiger partial charge in [0.05, 0.1) is 18.3 Å². The van der Waals surface area contributed by atoms with Crippen LogP contribution in [-0.4, -0.2) is 42.0 Å². The highest BCUT2D eigenvalue weighted by Gasteiger charge is 2.29. The Balaban J connectivity index is 1.73. The van der Waals surface area contributed by atoms with Crippen molar-refractivity contribution in [3.8, 4) is 5.75 Å². The fourth-order valence-electron chi connectivity index (χ4n) is 3.78. The van der Waals surface area contributed by atoms with Crippen molar-refractivity contribution >= 4 is 11.5 Å². The quantitative estimate of drug-likeness (QED) is 0.844. The average Bonchev–Trinajstić information content (AvgIpc) is 2.59. The number of nitrogens with zero attached hydrogens (tertiary/aromatic N) is 1. The molecule has 1 fully saturated rings. The number of anilines is 1. The third kappa shape index (κ3) is 3.59. The molecular formula is C20H30N2O2. The highest BCUT2D eigenvalue weighted by molar-refractivity contribution is 6.01. The lowest BCUT2D eigenvalue weighted by Crippen LogP contribution is -2.44. The summed E-state index contributed by atoms with van der Waals surface area (Å²) in [6, 6.07) is 6.21. The van der Waals surface area contributed by atoms with Gasteiger partial charge in [0.2, 0.25) is 0 Å². The molecule has 1 N–H and O–H groups in total. The van der Waals surface area contributed by atoms with Crippen molar-refractivity contribution in [2.45, 2.75) is 70.6 Å². The van der Waals surface area contributed by atoms with Crippen molar-refractivity contribution in [3.63, 3.8) is 0 Å². The molecule has 132 valence electrons. The molecule has 4 nitrogen and oxygen atoms in total. The SMILES string of the molecule is CC(C(=O)c1ccc2c(c1)NCC(C)(C)O2)N(C)C1CCCCC1. The standard InChI is InChI=1S/C20H30N2O2/c1-14(22(4)16-8-6-5-7-9-16)19(23)15-10-11-18-17(12-15)21-13-20(2,3)24-18/h10-12,14,16,21H,5-9,13H2,1-4H3. The van der Waals surface area contributed by atoms with Crippen molar-refractivity contribution in [2.75, 3.05) is 18.9 Å². The first-order chi connectivity index (χ1) is 11.4. The van der Waals surface area contributed by atoms with Crippen LogP contribution in [0.5, 0.6) is 5.75 Å². The number of nitrogens with one attached hydrogen (secondary N) is 1. The summed E-state index contributed by atoms with van der Waals surface area (Å²) in [6.07, 6.45) is 6.32. The Bertz CT molecular complexity index is 606. The molecule has 1 aliphatic heterocycles. The van der Waals surface area contributed by atoms with E-state index in [1.54, 1.807) is 0 Å². The predicted octanol–water partition coefficient (Wildman–Crippen LogP) is 4.11. The van der Waals surface area contributed by atoms with Crippen LogP contribution < -0.4 is 10.1 Å². The predicted molar refractivity (Wildman–Crippen MR) is 98.1 cm³/mol. The van der Waals surface area contributed by atoms with Gasteiger partial charge in [-0.05, 0) is 58.9 Å². The minimum Gasteiger partial charge on any atom is -0.484 e. The van der Waals surface area contributed by atoms with Gasteiger partial charge in [0.25, 0.3) is 0 Å². The first-order valence-corrected chi connectivity index (χ1v) is 9.20. The summed E-state index contributed by atoms with van der Waals surface area (Å²) in [6.45, 7) is 6.89. The largest absolute Gasteiger partial charge is 0.484 e. The average molecular weight is 330 g/mol. The van der Waals surface area contributed by atoms with Crippen molar-refractivity contribution in [1.82, 2.24) is 4.90 Å². The first-order valence-electron chi connectivity index (χ1n) is 9.20. The lowest BCUT2D eigenvalue weighted by Gasteiger charge is -2.35. The number of likely N-dealkylation sites (N-methyl/N-ethyl adjacent to an activating group) is 1. The first kappa shape index (κ1) is 17.3. The van der Waals surface area contributed by atoms with Crippen LogP contribution >= 0.6 is 0 Å². The minimum absolute atomic E-state index is 0.0906. The van der Waals surface area contributed by atoms with Crippen LogP contribution in [0.4, 0.5) is 5.69 Å². The summed E-state index contributed by atoms with van der Waals surface area (Å²) in [5, 5.41) is 3.39. The molecular weight excluding hydrogens is 300 g/mol. The van der Waals surface area contributed by atoms with Crippen LogP contribution in [0.1, 0.15) is 63.2 Å². The fraction of sp³-hybridized carbons (Fsp3) is 0.650. The summed E-state index contributed by atoms with van der Waals surface area (Å²) < 4.78 is 5.97. The van der Waals surface area contributed by atoms with Gasteiger partial charge in [-0.25, -0.2) is 0 Å². The molecule has 1 heterocycles. The van der Waals surface area contributed by atoms with Crippen molar-refractivity contribution in [1.29, 1.82) is 0 Å². The van der Waals surface area contributed by atoms with Gasteiger partial charge in [-0.1, -0.05) is 19.3 Å². The van der Waals surface area contributed by atoms with E-state index in [4.69, 9.17) is 4.74 Å². The lowest BCUT2D eigenvalue weighted by atomic mass is 9.92. The van der Waals surface area contributed by atoms with Crippen LogP contribution in [0, 0.1) is 0 Å². The molecule has 2 aliphatic rings. The molecule has 3 rings (SSSR count). The van der Waals surface area contributed by atoms with Crippen LogP contribution in [0.2, 0.25) is 0 Å². The van der Waals surface area contributed by atoms with Crippen molar-refractivity contribution in [2.24, 2.45) is 0 Å². The molecule has 0 saturated heterocycles. The second-order valence-electron chi connectivity index (χ2n) is 7.92. The van der Waals surface area contributed by atoms with E-state index in [-0.39, 0.29) is 17.4 Å². The van der Waals surface area contributed by atoms with Crippen LogP contribution in [0.25, 0.3) is 0 Å². The zero-order chi connectivity index (χ0) is 17.3. The molecule has 0 aromatic heterocycles. The number of benzene rings is 1. The summed E-state index contributed by atoms with van der Waals surface area (Å²) >= 11 is 0. The highest BCUT2D eigenvalue weighted by Crippen LogP contribution is 2.34. The van der Waals surface area contributed by atoms with Gasteiger partial charge in [-0.2, -0.15) is 0 Å². The van der Waals surface area contributed by atoms with Gasteiger partial charge in [-0.15, -0.1) is 0 Å². The van der Waals surface area contributed by atoms with Gasteiger partial charge in [0, 0.05) is 11.6 Å². The molecule has 1 unspecified atom stereocenters. The third-order valence-electron chi connectivity index (χ3n) is 5.50. The van der Waals surface area contributed by atoms with Gasteiger partial charge in [-0.3, -0.25) is 9.69 Å². The number of carbonyl (C=O) groups is 1. The summed E-state index contributed by atoms with van der Waals surface area (Å²) in [4.78, 5) is 15.2. The van der Waals surface area contributed by atoms with Crippen molar-refractivity contribution < 1.29 is 9.53 Å². The zero-order valence-electron chi connectivity index (χ0n) is 15.4. The Hall–Kier alpha value is -1.55. The number of fused-ring (bicyclic) bond motifs is 1. The summed E-state index contributed by atoms with van der Waals surface area (Å²) in [5.41, 5.74) is 1.47. The third-order valence-corrected chi connectivity index (χ3v) is 5.50. The van der Waals surface area contributed by atoms with Crippen LogP contribution in [0.3, 0.4) is 0 Å². The van der Waals surface area contributed by atoms with Gasteiger partial charge in [0.15, 0.2) is 5.78 Å². The number of carbonyl (C=O) groups excluding carboxylic acids is 1. The molecule has 1 saturated carbocycles. The van der Waals surface area contributed by atoms with Gasteiger partial charge < -0.3 is 10.1 Å². The Kier molecular flexibility index (Phi) is 4.86. The number of ether oxygens (including phenoxy) is 1. The molecule has 1 aliphatic carbocycles. The Morgan fingerprint density at radius 1 is 1.29 bits per heavy atom. The number of hydrogen-bond donors (Lipinski definition) is 1. The smallest absolute Gasteiger partial charge is 0.179 e. The normalized spacial score (nSPS) is 21.5. The Labute approximate surface area is 145 Å². The fourth-order valence-corrected chi connectivity index (χ4v) is 3.78. The van der Waals surface area contributed by atoms with Crippen LogP contribution in [0.15, 0.2) is 18.2 Å². The molecule has 1 atom stereocenters. The molecule has 1 aromatic rings. The topological polar surface area (TPSA) is 41.6 Å². The van der Waals surface area contributed by atoms with Gasteiger partial charge >= 0.3 is 0 Å². The maximum absolute atomic E-state index is 12.9. The molecule has 0 amide bonds. The number of rotatable bonds is 4. The number of ketones is 1. The summed E-state index contributed by atoms with van der Waals surface area (Å²) in [5.74, 6) is 1.02. The zero-order valence-corrected chi connectivity index (χ0v) is 15.4. The number of Topliss-reactive ketones (excluding diaryl/α,β-unsaturated/α-hetero) is 1. The number of hydrogen-bond acceptors (Lipinski definition) is 4. The minimum atomic E-state index is -0.215. The van der Waals surface area contributed by atoms with Crippen molar-refractivity contribution in [3.05, 3.63) is 23.8 Å². The monoisotopic (exact) mass is 330 g/mol. The van der Waals surface area contributed by atoms with E-state index < -0.39 is 0 Å². The van der Waals surface area contributed by atoms with E-state index in [1.165, 1.54) is 32.1 Å². The van der Waals surface area contributed by atoms with E-state index in [0.29, 0.717) is 6.04 Å². The van der Waals surface area contributed by atoms with Gasteiger partial charge in [0.1, 0.15) is 11.4 Å². The Morgan fingerprint density at radius 2 is 2.00 bits per heavy atom. The molecule has 4 heteroatoms. The second-order valence-corrected chi connectivity index (χ2v) is 7.92. The van der Waals surface area contributed by atoms with Crippen LogP contribution in [-0.2, 0) is 0 Å². The van der Waals surface area contributed by atoms with E-state index in [9.17, 15) is 4.79 Å². The highest BCUT2D eigenvalue weighted by atomic mass is 16.5. The second kappa shape index (κ2) is 6.75. The maximum Gasteiger partial charge on any atom is 0.179 e. The molecule has 0 spiro atoms. The Morgan fingerprint density at radius 3 is 2.71 bits per heavy atom.